The zero-order valence-electron chi connectivity index (χ0n) is 22.2. The van der Waals surface area contributed by atoms with Crippen molar-refractivity contribution in [3.63, 3.8) is 0 Å². The first-order valence-electron chi connectivity index (χ1n) is 14.2. The fourth-order valence-corrected chi connectivity index (χ4v) is 6.89. The first-order chi connectivity index (χ1) is 19.1. The van der Waals surface area contributed by atoms with Gasteiger partial charge in [0.25, 0.3) is 5.95 Å². The van der Waals surface area contributed by atoms with Crippen molar-refractivity contribution in [2.24, 2.45) is 16.5 Å². The van der Waals surface area contributed by atoms with Gasteiger partial charge in [-0.05, 0) is 86.2 Å². The van der Waals surface area contributed by atoms with Crippen LogP contribution in [0.25, 0.3) is 22.5 Å². The van der Waals surface area contributed by atoms with E-state index in [4.69, 9.17) is 9.15 Å². The summed E-state index contributed by atoms with van der Waals surface area (Å²) in [6.07, 6.45) is 12.9. The molecule has 1 saturated carbocycles. The molecule has 0 spiro atoms. The van der Waals surface area contributed by atoms with Gasteiger partial charge in [-0.2, -0.15) is 0 Å². The maximum atomic E-state index is 13.0. The number of ether oxygens (including phenoxy) is 1. The Morgan fingerprint density at radius 3 is 2.62 bits per heavy atom. The molecule has 2 aromatic heterocycles. The summed E-state index contributed by atoms with van der Waals surface area (Å²) in [5.41, 5.74) is 5.58. The van der Waals surface area contributed by atoms with E-state index < -0.39 is 6.09 Å². The number of rotatable bonds is 6. The molecule has 2 fully saturated rings. The number of benzene rings is 1. The Morgan fingerprint density at radius 1 is 1.05 bits per heavy atom. The molecule has 1 amide bonds. The van der Waals surface area contributed by atoms with Crippen molar-refractivity contribution in [1.29, 1.82) is 0 Å². The molecular formula is C31H36N4O4. The molecule has 1 aliphatic heterocycles. The maximum absolute atomic E-state index is 13.0. The Bertz CT molecular complexity index is 1340. The summed E-state index contributed by atoms with van der Waals surface area (Å²) in [5.74, 6) is 1.41. The van der Waals surface area contributed by atoms with Crippen molar-refractivity contribution in [3.8, 4) is 28.4 Å². The minimum atomic E-state index is -0.479. The number of carbonyl (C=O) groups is 1. The van der Waals surface area contributed by atoms with Crippen LogP contribution in [-0.2, 0) is 6.42 Å². The van der Waals surface area contributed by atoms with E-state index in [-0.39, 0.29) is 11.4 Å². The number of nitrogens with zero attached hydrogens (tertiary/aromatic N) is 2. The van der Waals surface area contributed by atoms with Crippen LogP contribution >= 0.6 is 0 Å². The summed E-state index contributed by atoms with van der Waals surface area (Å²) in [4.78, 5) is 17.2. The SMILES string of the molecule is O=C(NCC1(C2CCNCC2)CCCCC1)Oc1cc(-c2ccc3c(c2)CCC3=NO)c(-c2ccncc2)o1. The molecule has 2 aliphatic carbocycles. The number of furan rings is 1. The second-order valence-corrected chi connectivity index (χ2v) is 11.2. The van der Waals surface area contributed by atoms with Gasteiger partial charge in [0.15, 0.2) is 0 Å². The van der Waals surface area contributed by atoms with Crippen LogP contribution < -0.4 is 15.4 Å². The predicted molar refractivity (Wildman–Crippen MR) is 149 cm³/mol. The van der Waals surface area contributed by atoms with Gasteiger partial charge in [-0.3, -0.25) is 4.98 Å². The third kappa shape index (κ3) is 5.30. The van der Waals surface area contributed by atoms with Gasteiger partial charge in [-0.15, -0.1) is 0 Å². The molecule has 39 heavy (non-hydrogen) atoms. The molecule has 1 aromatic carbocycles. The summed E-state index contributed by atoms with van der Waals surface area (Å²) in [5, 5.41) is 19.3. The highest BCUT2D eigenvalue weighted by Gasteiger charge is 2.40. The number of hydrogen-bond acceptors (Lipinski definition) is 7. The minimum absolute atomic E-state index is 0.150. The lowest BCUT2D eigenvalue weighted by Gasteiger charge is -2.45. The number of fused-ring (bicyclic) bond motifs is 1. The number of oxime groups is 1. The second-order valence-electron chi connectivity index (χ2n) is 11.2. The van der Waals surface area contributed by atoms with Crippen molar-refractivity contribution < 1.29 is 19.2 Å². The predicted octanol–water partition coefficient (Wildman–Crippen LogP) is 6.17. The quantitative estimate of drug-likeness (QED) is 0.261. The first-order valence-corrected chi connectivity index (χ1v) is 14.2. The molecule has 3 aliphatic rings. The van der Waals surface area contributed by atoms with E-state index >= 15 is 0 Å². The van der Waals surface area contributed by atoms with E-state index in [1.54, 1.807) is 18.5 Å². The van der Waals surface area contributed by atoms with Crippen LogP contribution in [0.3, 0.4) is 0 Å². The highest BCUT2D eigenvalue weighted by molar-refractivity contribution is 6.04. The third-order valence-electron chi connectivity index (χ3n) is 8.96. The zero-order valence-corrected chi connectivity index (χ0v) is 22.2. The molecule has 3 N–H and O–H groups in total. The average Bonchev–Trinajstić information content (AvgIpc) is 3.61. The number of aryl methyl sites for hydroxylation is 1. The van der Waals surface area contributed by atoms with E-state index in [1.165, 1.54) is 32.1 Å². The molecule has 8 nitrogen and oxygen atoms in total. The van der Waals surface area contributed by atoms with Crippen LogP contribution in [0.4, 0.5) is 4.79 Å². The molecule has 3 aromatic rings. The lowest BCUT2D eigenvalue weighted by molar-refractivity contribution is 0.0704. The number of amides is 1. The Labute approximate surface area is 228 Å². The van der Waals surface area contributed by atoms with Gasteiger partial charge in [0.2, 0.25) is 0 Å². The van der Waals surface area contributed by atoms with Crippen LogP contribution in [0.1, 0.15) is 62.5 Å². The van der Waals surface area contributed by atoms with Gasteiger partial charge in [0.1, 0.15) is 5.76 Å². The monoisotopic (exact) mass is 528 g/mol. The van der Waals surface area contributed by atoms with Gasteiger partial charge >= 0.3 is 6.09 Å². The van der Waals surface area contributed by atoms with E-state index in [2.05, 4.69) is 26.8 Å². The number of hydrogen-bond donors (Lipinski definition) is 3. The number of carbonyl (C=O) groups excluding carboxylic acids is 1. The highest BCUT2D eigenvalue weighted by atomic mass is 16.6. The Balaban J connectivity index is 1.23. The van der Waals surface area contributed by atoms with E-state index in [9.17, 15) is 10.0 Å². The van der Waals surface area contributed by atoms with Gasteiger partial charge in [0.05, 0.1) is 5.71 Å². The van der Waals surface area contributed by atoms with Crippen LogP contribution in [0.2, 0.25) is 0 Å². The Hall–Kier alpha value is -3.65. The van der Waals surface area contributed by atoms with Crippen LogP contribution in [0.15, 0.2) is 58.4 Å². The van der Waals surface area contributed by atoms with Crippen LogP contribution in [0, 0.1) is 11.3 Å². The van der Waals surface area contributed by atoms with Crippen molar-refractivity contribution in [2.75, 3.05) is 19.6 Å². The fourth-order valence-electron chi connectivity index (χ4n) is 6.89. The summed E-state index contributed by atoms with van der Waals surface area (Å²) >= 11 is 0. The molecule has 204 valence electrons. The molecular weight excluding hydrogens is 492 g/mol. The average molecular weight is 529 g/mol. The summed E-state index contributed by atoms with van der Waals surface area (Å²) in [7, 11) is 0. The molecule has 3 heterocycles. The van der Waals surface area contributed by atoms with Crippen LogP contribution in [-0.4, -0.2) is 41.6 Å². The van der Waals surface area contributed by atoms with Gasteiger partial charge in [0, 0.05) is 41.7 Å². The summed E-state index contributed by atoms with van der Waals surface area (Å²) in [6, 6.07) is 11.6. The van der Waals surface area contributed by atoms with Crippen molar-refractivity contribution >= 4 is 11.8 Å². The standard InChI is InChI=1S/C31H36N4O4/c36-30(34-20-31(12-2-1-3-13-31)24-10-16-33-17-11-24)39-28-19-26(29(38-28)21-8-14-32-15-9-21)23-4-6-25-22(18-23)5-7-27(25)35-37/h4,6,8-9,14-15,18-19,24,33,37H,1-3,5,7,10-13,16-17,20H2,(H,34,36). The number of pyridine rings is 1. The van der Waals surface area contributed by atoms with Gasteiger partial charge in [-0.1, -0.05) is 42.6 Å². The molecule has 8 heteroatoms. The van der Waals surface area contributed by atoms with Gasteiger partial charge in [-0.25, -0.2) is 4.79 Å². The third-order valence-corrected chi connectivity index (χ3v) is 8.96. The fraction of sp³-hybridized carbons (Fsp3) is 0.452. The van der Waals surface area contributed by atoms with E-state index in [0.29, 0.717) is 30.4 Å². The Morgan fingerprint density at radius 2 is 1.85 bits per heavy atom. The van der Waals surface area contributed by atoms with E-state index in [0.717, 1.165) is 60.2 Å². The molecule has 0 radical (unpaired) electrons. The largest absolute Gasteiger partial charge is 0.425 e. The lowest BCUT2D eigenvalue weighted by Crippen LogP contribution is -2.47. The molecule has 0 unspecified atom stereocenters. The highest BCUT2D eigenvalue weighted by Crippen LogP contribution is 2.46. The second kappa shape index (κ2) is 11.2. The molecule has 6 rings (SSSR count). The summed E-state index contributed by atoms with van der Waals surface area (Å²) < 4.78 is 11.9. The smallest absolute Gasteiger partial charge is 0.415 e. The molecule has 0 atom stereocenters. The lowest BCUT2D eigenvalue weighted by atomic mass is 9.63. The van der Waals surface area contributed by atoms with Crippen LogP contribution in [0.5, 0.6) is 5.95 Å². The number of aromatic nitrogens is 1. The minimum Gasteiger partial charge on any atom is -0.425 e. The van der Waals surface area contributed by atoms with E-state index in [1.807, 2.05) is 24.3 Å². The first kappa shape index (κ1) is 25.6. The normalized spacial score (nSPS) is 20.1. The van der Waals surface area contributed by atoms with Crippen molar-refractivity contribution in [2.45, 2.75) is 57.8 Å². The zero-order chi connectivity index (χ0) is 26.7. The summed E-state index contributed by atoms with van der Waals surface area (Å²) in [6.45, 7) is 2.75. The maximum Gasteiger partial charge on any atom is 0.415 e. The van der Waals surface area contributed by atoms with Crippen molar-refractivity contribution in [3.05, 3.63) is 59.9 Å². The Kier molecular flexibility index (Phi) is 7.37. The molecule has 1 saturated heterocycles. The number of piperidine rings is 1. The number of nitrogens with one attached hydrogen (secondary N) is 2. The topological polar surface area (TPSA) is 109 Å². The van der Waals surface area contributed by atoms with Gasteiger partial charge < -0.3 is 25.0 Å². The molecule has 0 bridgehead atoms. The van der Waals surface area contributed by atoms with Crippen molar-refractivity contribution in [1.82, 2.24) is 15.6 Å².